The van der Waals surface area contributed by atoms with Gasteiger partial charge in [-0.05, 0) is 28.7 Å². The molecule has 21 heavy (non-hydrogen) atoms. The highest BCUT2D eigenvalue weighted by molar-refractivity contribution is 14.1. The molecule has 0 atom stereocenters. The summed E-state index contributed by atoms with van der Waals surface area (Å²) in [6.07, 6.45) is 1.47. The van der Waals surface area contributed by atoms with E-state index in [0.717, 1.165) is 6.07 Å². The van der Waals surface area contributed by atoms with Crippen LogP contribution in [0.2, 0.25) is 0 Å². The van der Waals surface area contributed by atoms with E-state index in [4.69, 9.17) is 10.00 Å². The molecule has 0 saturated carbocycles. The lowest BCUT2D eigenvalue weighted by molar-refractivity contribution is -0.385. The number of rotatable bonds is 4. The molecule has 0 aliphatic heterocycles. The molecule has 0 fully saturated rings. The van der Waals surface area contributed by atoms with Gasteiger partial charge in [-0.1, -0.05) is 0 Å². The van der Waals surface area contributed by atoms with Crippen LogP contribution in [0, 0.1) is 25.0 Å². The number of benzene rings is 1. The fourth-order valence-electron chi connectivity index (χ4n) is 1.50. The Morgan fingerprint density at radius 3 is 2.90 bits per heavy atom. The Kier molecular flexibility index (Phi) is 4.49. The first-order chi connectivity index (χ1) is 10.0. The summed E-state index contributed by atoms with van der Waals surface area (Å²) >= 11 is 1.87. The Morgan fingerprint density at radius 1 is 1.52 bits per heavy atom. The number of nitriles is 1. The van der Waals surface area contributed by atoms with Crippen molar-refractivity contribution in [2.24, 2.45) is 0 Å². The molecule has 106 valence electrons. The second kappa shape index (κ2) is 6.31. The molecule has 0 unspecified atom stereocenters. The van der Waals surface area contributed by atoms with Crippen LogP contribution >= 0.6 is 22.6 Å². The maximum Gasteiger partial charge on any atom is 0.314 e. The van der Waals surface area contributed by atoms with E-state index in [1.165, 1.54) is 18.3 Å². The van der Waals surface area contributed by atoms with Crippen molar-refractivity contribution in [3.8, 4) is 17.7 Å². The normalized spacial score (nSPS) is 9.76. The van der Waals surface area contributed by atoms with Crippen LogP contribution < -0.4 is 10.1 Å². The van der Waals surface area contributed by atoms with Crippen molar-refractivity contribution >= 4 is 34.2 Å². The van der Waals surface area contributed by atoms with Crippen LogP contribution in [0.5, 0.6) is 11.6 Å². The van der Waals surface area contributed by atoms with E-state index in [0.29, 0.717) is 9.52 Å². The first-order valence-electron chi connectivity index (χ1n) is 5.62. The van der Waals surface area contributed by atoms with Crippen molar-refractivity contribution < 1.29 is 9.66 Å². The molecule has 0 aliphatic carbocycles. The molecule has 9 heteroatoms. The van der Waals surface area contributed by atoms with Crippen LogP contribution in [0.1, 0.15) is 5.56 Å². The van der Waals surface area contributed by atoms with E-state index in [9.17, 15) is 10.1 Å². The van der Waals surface area contributed by atoms with Crippen molar-refractivity contribution in [1.29, 1.82) is 5.26 Å². The minimum Gasteiger partial charge on any atom is -0.430 e. The van der Waals surface area contributed by atoms with Gasteiger partial charge in [-0.25, -0.2) is 4.98 Å². The van der Waals surface area contributed by atoms with Gasteiger partial charge in [0.2, 0.25) is 17.6 Å². The van der Waals surface area contributed by atoms with E-state index < -0.39 is 4.92 Å². The van der Waals surface area contributed by atoms with Crippen LogP contribution in [-0.4, -0.2) is 21.9 Å². The molecule has 0 aliphatic rings. The third kappa shape index (κ3) is 3.34. The topological polar surface area (TPSA) is 114 Å². The number of nitrogens with zero attached hydrogens (tertiary/aromatic N) is 4. The zero-order valence-corrected chi connectivity index (χ0v) is 12.9. The number of nitro groups is 1. The number of nitro benzene ring substituents is 1. The summed E-state index contributed by atoms with van der Waals surface area (Å²) in [5, 5.41) is 22.7. The number of ether oxygens (including phenoxy) is 1. The molecule has 1 aromatic heterocycles. The van der Waals surface area contributed by atoms with Crippen molar-refractivity contribution in [1.82, 2.24) is 9.97 Å². The second-order valence-corrected chi connectivity index (χ2v) is 4.91. The Balaban J connectivity index is 2.48. The quantitative estimate of drug-likeness (QED) is 0.479. The average molecular weight is 397 g/mol. The molecular weight excluding hydrogens is 389 g/mol. The number of hydrogen-bond acceptors (Lipinski definition) is 7. The summed E-state index contributed by atoms with van der Waals surface area (Å²) in [6.45, 7) is 0. The molecule has 8 nitrogen and oxygen atoms in total. The Bertz CT molecular complexity index is 744. The van der Waals surface area contributed by atoms with Gasteiger partial charge >= 0.3 is 5.69 Å². The maximum absolute atomic E-state index is 11.1. The lowest BCUT2D eigenvalue weighted by Crippen LogP contribution is -2.00. The van der Waals surface area contributed by atoms with Gasteiger partial charge in [0.15, 0.2) is 0 Å². The van der Waals surface area contributed by atoms with Crippen molar-refractivity contribution in [3.05, 3.63) is 43.6 Å². The monoisotopic (exact) mass is 397 g/mol. The molecule has 2 aromatic rings. The van der Waals surface area contributed by atoms with Gasteiger partial charge < -0.3 is 10.1 Å². The van der Waals surface area contributed by atoms with Gasteiger partial charge in [-0.15, -0.1) is 0 Å². The van der Waals surface area contributed by atoms with Gasteiger partial charge in [-0.3, -0.25) is 10.1 Å². The first kappa shape index (κ1) is 14.9. The molecule has 0 saturated heterocycles. The van der Waals surface area contributed by atoms with Crippen LogP contribution in [0.3, 0.4) is 0 Å². The van der Waals surface area contributed by atoms with E-state index >= 15 is 0 Å². The summed E-state index contributed by atoms with van der Waals surface area (Å²) in [6, 6.07) is 6.02. The van der Waals surface area contributed by atoms with Crippen LogP contribution in [-0.2, 0) is 0 Å². The number of halogens is 1. The van der Waals surface area contributed by atoms with Crippen LogP contribution in [0.25, 0.3) is 0 Å². The van der Waals surface area contributed by atoms with E-state index in [1.807, 2.05) is 28.7 Å². The average Bonchev–Trinajstić information content (AvgIpc) is 2.49. The van der Waals surface area contributed by atoms with Gasteiger partial charge in [0.1, 0.15) is 0 Å². The molecule has 1 aromatic carbocycles. The molecule has 0 amide bonds. The zero-order valence-electron chi connectivity index (χ0n) is 10.7. The minimum atomic E-state index is -0.599. The fraction of sp³-hybridized carbons (Fsp3) is 0.0833. The SMILES string of the molecule is CNc1nccc(Oc2c(I)cc(C#N)cc2[N+](=O)[O-])n1. The molecule has 1 N–H and O–H groups in total. The smallest absolute Gasteiger partial charge is 0.314 e. The predicted molar refractivity (Wildman–Crippen MR) is 82.2 cm³/mol. The molecule has 1 heterocycles. The van der Waals surface area contributed by atoms with E-state index in [1.54, 1.807) is 7.05 Å². The molecule has 0 spiro atoms. The molecular formula is C12H8IN5O3. The van der Waals surface area contributed by atoms with Crippen molar-refractivity contribution in [2.75, 3.05) is 12.4 Å². The van der Waals surface area contributed by atoms with Crippen LogP contribution in [0.15, 0.2) is 24.4 Å². The maximum atomic E-state index is 11.1. The third-order valence-electron chi connectivity index (χ3n) is 2.41. The lowest BCUT2D eigenvalue weighted by Gasteiger charge is -2.08. The summed E-state index contributed by atoms with van der Waals surface area (Å²) < 4.78 is 5.94. The summed E-state index contributed by atoms with van der Waals surface area (Å²) in [5.74, 6) is 0.541. The van der Waals surface area contributed by atoms with Gasteiger partial charge in [0, 0.05) is 25.4 Å². The minimum absolute atomic E-state index is 0.0420. The van der Waals surface area contributed by atoms with E-state index in [-0.39, 0.29) is 22.9 Å². The van der Waals surface area contributed by atoms with Gasteiger partial charge in [0.05, 0.1) is 20.1 Å². The molecule has 0 radical (unpaired) electrons. The van der Waals surface area contributed by atoms with Crippen molar-refractivity contribution in [2.45, 2.75) is 0 Å². The molecule has 0 bridgehead atoms. The van der Waals surface area contributed by atoms with Gasteiger partial charge in [0.25, 0.3) is 0 Å². The van der Waals surface area contributed by atoms with E-state index in [2.05, 4.69) is 15.3 Å². The highest BCUT2D eigenvalue weighted by Gasteiger charge is 2.21. The van der Waals surface area contributed by atoms with Crippen molar-refractivity contribution in [3.63, 3.8) is 0 Å². The molecule has 2 rings (SSSR count). The predicted octanol–water partition coefficient (Wildman–Crippen LogP) is 2.70. The van der Waals surface area contributed by atoms with Gasteiger partial charge in [-0.2, -0.15) is 10.2 Å². The number of nitrogens with one attached hydrogen (secondary N) is 1. The second-order valence-electron chi connectivity index (χ2n) is 3.75. The lowest BCUT2D eigenvalue weighted by atomic mass is 10.2. The Hall–Kier alpha value is -2.48. The number of aromatic nitrogens is 2. The fourth-order valence-corrected chi connectivity index (χ4v) is 2.23. The Morgan fingerprint density at radius 2 is 2.29 bits per heavy atom. The highest BCUT2D eigenvalue weighted by atomic mass is 127. The summed E-state index contributed by atoms with van der Waals surface area (Å²) in [4.78, 5) is 18.5. The third-order valence-corrected chi connectivity index (χ3v) is 3.21. The number of anilines is 1. The first-order valence-corrected chi connectivity index (χ1v) is 6.69. The zero-order chi connectivity index (χ0) is 15.4. The standard InChI is InChI=1S/C12H8IN5O3/c1-15-12-16-3-2-10(17-12)21-11-8(13)4-7(6-14)5-9(11)18(19)20/h2-5H,1H3,(H,15,16,17). The Labute approximate surface area is 133 Å². The number of hydrogen-bond donors (Lipinski definition) is 1. The largest absolute Gasteiger partial charge is 0.430 e. The van der Waals surface area contributed by atoms with Crippen LogP contribution in [0.4, 0.5) is 11.6 Å². The summed E-state index contributed by atoms with van der Waals surface area (Å²) in [7, 11) is 1.65. The highest BCUT2D eigenvalue weighted by Crippen LogP contribution is 2.36. The summed E-state index contributed by atoms with van der Waals surface area (Å²) in [5.41, 5.74) is -0.0971.